The lowest BCUT2D eigenvalue weighted by Crippen LogP contribution is -2.29. The first-order valence-corrected chi connectivity index (χ1v) is 11.4. The van der Waals surface area contributed by atoms with E-state index < -0.39 is 10.0 Å². The fraction of sp³-hybridized carbons (Fsp3) is 0.435. The molecule has 0 bridgehead atoms. The second kappa shape index (κ2) is 7.92. The first kappa shape index (κ1) is 21.5. The average molecular weight is 415 g/mol. The van der Waals surface area contributed by atoms with E-state index in [-0.39, 0.29) is 16.2 Å². The van der Waals surface area contributed by atoms with Crippen LogP contribution in [-0.4, -0.2) is 39.3 Å². The SMILES string of the molecule is CN(C)S(=O)(=O)c1ccc2c(c1)CCN2C(=O)CCc1ccc(C(C)(C)C)cc1. The lowest BCUT2D eigenvalue weighted by Gasteiger charge is -2.20. The van der Waals surface area contributed by atoms with Crippen LogP contribution in [0.25, 0.3) is 0 Å². The van der Waals surface area contributed by atoms with Crippen molar-refractivity contribution in [2.45, 2.75) is 50.3 Å². The molecule has 0 aromatic heterocycles. The Morgan fingerprint density at radius 3 is 2.31 bits per heavy atom. The summed E-state index contributed by atoms with van der Waals surface area (Å²) in [5.74, 6) is 0.0758. The molecule has 6 heteroatoms. The van der Waals surface area contributed by atoms with Crippen LogP contribution in [-0.2, 0) is 33.1 Å². The van der Waals surface area contributed by atoms with Crippen molar-refractivity contribution in [1.29, 1.82) is 0 Å². The molecule has 0 aliphatic carbocycles. The third-order valence-electron chi connectivity index (χ3n) is 5.47. The van der Waals surface area contributed by atoms with Gasteiger partial charge in [0.1, 0.15) is 0 Å². The fourth-order valence-corrected chi connectivity index (χ4v) is 4.52. The van der Waals surface area contributed by atoms with Gasteiger partial charge in [-0.3, -0.25) is 4.79 Å². The van der Waals surface area contributed by atoms with Crippen LogP contribution in [0.1, 0.15) is 43.9 Å². The van der Waals surface area contributed by atoms with Crippen LogP contribution in [0.4, 0.5) is 5.69 Å². The summed E-state index contributed by atoms with van der Waals surface area (Å²) in [6.45, 7) is 7.16. The number of fused-ring (bicyclic) bond motifs is 1. The van der Waals surface area contributed by atoms with Gasteiger partial charge in [-0.2, -0.15) is 0 Å². The maximum absolute atomic E-state index is 12.8. The Labute approximate surface area is 174 Å². The Hall–Kier alpha value is -2.18. The predicted octanol–water partition coefficient (Wildman–Crippen LogP) is 3.76. The Balaban J connectivity index is 1.68. The van der Waals surface area contributed by atoms with Gasteiger partial charge in [-0.1, -0.05) is 45.0 Å². The summed E-state index contributed by atoms with van der Waals surface area (Å²) in [4.78, 5) is 14.9. The highest BCUT2D eigenvalue weighted by atomic mass is 32.2. The normalized spacial score (nSPS) is 14.3. The average Bonchev–Trinajstić information content (AvgIpc) is 3.09. The number of amides is 1. The standard InChI is InChI=1S/C23H30N2O3S/c1-23(2,3)19-9-6-17(7-10-19)8-13-22(26)25-15-14-18-16-20(11-12-21(18)25)29(27,28)24(4)5/h6-7,9-12,16H,8,13-15H2,1-5H3. The van der Waals surface area contributed by atoms with Crippen LogP contribution in [0, 0.1) is 0 Å². The summed E-state index contributed by atoms with van der Waals surface area (Å²) < 4.78 is 25.9. The maximum Gasteiger partial charge on any atom is 0.242 e. The van der Waals surface area contributed by atoms with Gasteiger partial charge >= 0.3 is 0 Å². The molecule has 0 atom stereocenters. The molecule has 0 fully saturated rings. The van der Waals surface area contributed by atoms with Gasteiger partial charge in [-0.25, -0.2) is 12.7 Å². The molecule has 0 N–H and O–H groups in total. The molecule has 1 aliphatic heterocycles. The molecule has 0 saturated carbocycles. The maximum atomic E-state index is 12.8. The molecule has 3 rings (SSSR count). The van der Waals surface area contributed by atoms with Crippen LogP contribution < -0.4 is 4.90 Å². The molecular weight excluding hydrogens is 384 g/mol. The highest BCUT2D eigenvalue weighted by molar-refractivity contribution is 7.89. The van der Waals surface area contributed by atoms with Crippen LogP contribution in [0.3, 0.4) is 0 Å². The van der Waals surface area contributed by atoms with Gasteiger partial charge in [0.05, 0.1) is 4.90 Å². The van der Waals surface area contributed by atoms with Crippen LogP contribution in [0.5, 0.6) is 0 Å². The molecule has 0 unspecified atom stereocenters. The summed E-state index contributed by atoms with van der Waals surface area (Å²) in [6.07, 6.45) is 1.81. The highest BCUT2D eigenvalue weighted by Gasteiger charge is 2.27. The van der Waals surface area contributed by atoms with E-state index in [2.05, 4.69) is 45.0 Å². The van der Waals surface area contributed by atoms with Gasteiger partial charge in [-0.15, -0.1) is 0 Å². The first-order chi connectivity index (χ1) is 13.5. The Kier molecular flexibility index (Phi) is 5.88. The van der Waals surface area contributed by atoms with Gasteiger partial charge < -0.3 is 4.90 Å². The summed E-state index contributed by atoms with van der Waals surface area (Å²) in [5.41, 5.74) is 4.29. The second-order valence-electron chi connectivity index (χ2n) is 8.82. The molecule has 1 amide bonds. The largest absolute Gasteiger partial charge is 0.312 e. The quantitative estimate of drug-likeness (QED) is 0.749. The van der Waals surface area contributed by atoms with Crippen LogP contribution >= 0.6 is 0 Å². The minimum Gasteiger partial charge on any atom is -0.312 e. The first-order valence-electron chi connectivity index (χ1n) is 9.95. The number of hydrogen-bond donors (Lipinski definition) is 0. The van der Waals surface area contributed by atoms with E-state index in [1.807, 2.05) is 0 Å². The van der Waals surface area contributed by atoms with E-state index in [0.717, 1.165) is 16.8 Å². The number of benzene rings is 2. The fourth-order valence-electron chi connectivity index (χ4n) is 3.57. The van der Waals surface area contributed by atoms with E-state index in [9.17, 15) is 13.2 Å². The summed E-state index contributed by atoms with van der Waals surface area (Å²) in [6, 6.07) is 13.5. The number of sulfonamides is 1. The molecule has 0 spiro atoms. The van der Waals surface area contributed by atoms with Crippen molar-refractivity contribution in [2.75, 3.05) is 25.5 Å². The van der Waals surface area contributed by atoms with Crippen molar-refractivity contribution >= 4 is 21.6 Å². The zero-order valence-corrected chi connectivity index (χ0v) is 18.7. The molecule has 2 aromatic rings. The lowest BCUT2D eigenvalue weighted by molar-refractivity contribution is -0.118. The summed E-state index contributed by atoms with van der Waals surface area (Å²) in [5, 5.41) is 0. The number of rotatable bonds is 5. The number of hydrogen-bond acceptors (Lipinski definition) is 3. The number of aryl methyl sites for hydroxylation is 1. The van der Waals surface area contributed by atoms with Crippen LogP contribution in [0.2, 0.25) is 0 Å². The molecule has 1 aliphatic rings. The smallest absolute Gasteiger partial charge is 0.242 e. The van der Waals surface area contributed by atoms with Crippen molar-refractivity contribution in [1.82, 2.24) is 4.31 Å². The van der Waals surface area contributed by atoms with Gasteiger partial charge in [0.15, 0.2) is 0 Å². The third-order valence-corrected chi connectivity index (χ3v) is 7.28. The van der Waals surface area contributed by atoms with Gasteiger partial charge in [0.2, 0.25) is 15.9 Å². The predicted molar refractivity (Wildman–Crippen MR) is 117 cm³/mol. The lowest BCUT2D eigenvalue weighted by atomic mass is 9.86. The summed E-state index contributed by atoms with van der Waals surface area (Å²) >= 11 is 0. The van der Waals surface area contributed by atoms with Crippen molar-refractivity contribution in [3.8, 4) is 0 Å². The van der Waals surface area contributed by atoms with Gasteiger partial charge in [0.25, 0.3) is 0 Å². The van der Waals surface area contributed by atoms with Gasteiger partial charge in [-0.05, 0) is 53.1 Å². The van der Waals surface area contributed by atoms with Crippen molar-refractivity contribution in [3.05, 3.63) is 59.2 Å². The zero-order valence-electron chi connectivity index (χ0n) is 17.9. The highest BCUT2D eigenvalue weighted by Crippen LogP contribution is 2.31. The van der Waals surface area contributed by atoms with Crippen molar-refractivity contribution in [2.24, 2.45) is 0 Å². The van der Waals surface area contributed by atoms with E-state index in [4.69, 9.17) is 0 Å². The second-order valence-corrected chi connectivity index (χ2v) is 11.0. The molecule has 29 heavy (non-hydrogen) atoms. The molecule has 2 aromatic carbocycles. The van der Waals surface area contributed by atoms with E-state index in [0.29, 0.717) is 25.8 Å². The Morgan fingerprint density at radius 1 is 1.07 bits per heavy atom. The number of anilines is 1. The molecule has 1 heterocycles. The molecule has 5 nitrogen and oxygen atoms in total. The zero-order chi connectivity index (χ0) is 21.4. The van der Waals surface area contributed by atoms with Gasteiger partial charge in [0, 0.05) is 32.7 Å². The minimum atomic E-state index is -3.47. The Bertz CT molecular complexity index is 1000. The number of nitrogens with zero attached hydrogens (tertiary/aromatic N) is 2. The van der Waals surface area contributed by atoms with E-state index in [1.165, 1.54) is 24.0 Å². The molecule has 0 saturated heterocycles. The monoisotopic (exact) mass is 414 g/mol. The third kappa shape index (κ3) is 4.54. The van der Waals surface area contributed by atoms with E-state index >= 15 is 0 Å². The van der Waals surface area contributed by atoms with E-state index in [1.54, 1.807) is 23.1 Å². The minimum absolute atomic E-state index is 0.0758. The molecule has 0 radical (unpaired) electrons. The van der Waals surface area contributed by atoms with Crippen LogP contribution in [0.15, 0.2) is 47.4 Å². The van der Waals surface area contributed by atoms with Crippen molar-refractivity contribution < 1.29 is 13.2 Å². The Morgan fingerprint density at radius 2 is 1.72 bits per heavy atom. The number of carbonyl (C=O) groups excluding carboxylic acids is 1. The number of carbonyl (C=O) groups is 1. The molecule has 156 valence electrons. The topological polar surface area (TPSA) is 57.7 Å². The molecular formula is C23H30N2O3S. The summed E-state index contributed by atoms with van der Waals surface area (Å²) in [7, 11) is -0.426. The van der Waals surface area contributed by atoms with Crippen molar-refractivity contribution in [3.63, 3.8) is 0 Å².